The maximum absolute atomic E-state index is 4.39. The zero-order valence-electron chi connectivity index (χ0n) is 11.2. The predicted molar refractivity (Wildman–Crippen MR) is 79.4 cm³/mol. The van der Waals surface area contributed by atoms with Gasteiger partial charge in [0, 0.05) is 20.0 Å². The van der Waals surface area contributed by atoms with Gasteiger partial charge in [-0.2, -0.15) is 0 Å². The van der Waals surface area contributed by atoms with E-state index in [-0.39, 0.29) is 6.04 Å². The second-order valence-corrected chi connectivity index (χ2v) is 4.81. The number of hydrogen-bond acceptors (Lipinski definition) is 1. The summed E-state index contributed by atoms with van der Waals surface area (Å²) in [5, 5.41) is 0. The molecule has 1 saturated heterocycles. The fraction of sp³-hybridized carbons (Fsp3) is 0.235. The highest BCUT2D eigenvalue weighted by Crippen LogP contribution is 2.33. The average Bonchev–Trinajstić information content (AvgIpc) is 2.46. The van der Waals surface area contributed by atoms with Crippen LogP contribution in [0.5, 0.6) is 0 Å². The van der Waals surface area contributed by atoms with E-state index in [0.29, 0.717) is 0 Å². The Morgan fingerprint density at radius 2 is 1.42 bits per heavy atom. The van der Waals surface area contributed by atoms with Crippen LogP contribution in [0.4, 0.5) is 0 Å². The molecule has 1 aliphatic heterocycles. The van der Waals surface area contributed by atoms with E-state index in [4.69, 9.17) is 0 Å². The molecule has 2 aromatic carbocycles. The first-order valence-electron chi connectivity index (χ1n) is 6.72. The Bertz CT molecular complexity index is 521. The van der Waals surface area contributed by atoms with Gasteiger partial charge in [-0.3, -0.25) is 4.99 Å². The summed E-state index contributed by atoms with van der Waals surface area (Å²) in [5.74, 6) is 1.21. The van der Waals surface area contributed by atoms with E-state index in [1.54, 1.807) is 0 Å². The monoisotopic (exact) mass is 250 g/mol. The normalized spacial score (nSPS) is 16.7. The van der Waals surface area contributed by atoms with E-state index in [1.807, 2.05) is 7.05 Å². The van der Waals surface area contributed by atoms with Gasteiger partial charge in [-0.15, -0.1) is 0 Å². The number of aliphatic imine (C=N–C) groups is 1. The molecular weight excluding hydrogens is 232 g/mol. The van der Waals surface area contributed by atoms with E-state index in [1.165, 1.54) is 17.0 Å². The molecule has 96 valence electrons. The van der Waals surface area contributed by atoms with Crippen molar-refractivity contribution >= 4 is 5.84 Å². The van der Waals surface area contributed by atoms with Gasteiger partial charge in [0.1, 0.15) is 5.84 Å². The van der Waals surface area contributed by atoms with Crippen molar-refractivity contribution < 1.29 is 0 Å². The van der Waals surface area contributed by atoms with Crippen molar-refractivity contribution in [2.24, 2.45) is 4.99 Å². The molecule has 0 unspecified atom stereocenters. The van der Waals surface area contributed by atoms with Gasteiger partial charge < -0.3 is 4.90 Å². The van der Waals surface area contributed by atoms with Gasteiger partial charge in [0.15, 0.2) is 0 Å². The molecule has 0 amide bonds. The Balaban J connectivity index is 2.02. The van der Waals surface area contributed by atoms with Gasteiger partial charge in [-0.05, 0) is 11.1 Å². The molecule has 0 radical (unpaired) electrons. The molecule has 0 bridgehead atoms. The van der Waals surface area contributed by atoms with E-state index >= 15 is 0 Å². The van der Waals surface area contributed by atoms with E-state index < -0.39 is 0 Å². The first-order chi connectivity index (χ1) is 9.40. The maximum Gasteiger partial charge on any atom is 0.101 e. The summed E-state index contributed by atoms with van der Waals surface area (Å²) in [6.45, 7) is 1.08. The van der Waals surface area contributed by atoms with Crippen LogP contribution in [-0.4, -0.2) is 24.3 Å². The number of hydrogen-bond donors (Lipinski definition) is 0. The Kier molecular flexibility index (Phi) is 3.32. The lowest BCUT2D eigenvalue weighted by Crippen LogP contribution is -2.46. The third-order valence-electron chi connectivity index (χ3n) is 3.71. The third kappa shape index (κ3) is 2.26. The molecule has 0 saturated carbocycles. The zero-order chi connectivity index (χ0) is 13.1. The van der Waals surface area contributed by atoms with Crippen molar-refractivity contribution in [2.75, 3.05) is 13.6 Å². The summed E-state index contributed by atoms with van der Waals surface area (Å²) in [6, 6.07) is 21.6. The average molecular weight is 250 g/mol. The van der Waals surface area contributed by atoms with Crippen molar-refractivity contribution in [2.45, 2.75) is 12.5 Å². The van der Waals surface area contributed by atoms with Crippen molar-refractivity contribution in [1.29, 1.82) is 0 Å². The quantitative estimate of drug-likeness (QED) is 0.814. The van der Waals surface area contributed by atoms with Crippen LogP contribution in [0.15, 0.2) is 65.7 Å². The number of rotatable bonds is 3. The fourth-order valence-corrected chi connectivity index (χ4v) is 2.68. The number of nitrogens with zero attached hydrogens (tertiary/aromatic N) is 2. The summed E-state index contributed by atoms with van der Waals surface area (Å²) in [7, 11) is 1.88. The van der Waals surface area contributed by atoms with Crippen molar-refractivity contribution in [3.05, 3.63) is 71.8 Å². The highest BCUT2D eigenvalue weighted by molar-refractivity contribution is 5.88. The van der Waals surface area contributed by atoms with Crippen LogP contribution in [0.1, 0.15) is 23.6 Å². The minimum absolute atomic E-state index is 0.287. The molecule has 3 rings (SSSR count). The Morgan fingerprint density at radius 3 is 1.79 bits per heavy atom. The SMILES string of the molecule is CN=C1CCN1C(c1ccccc1)c1ccccc1. The lowest BCUT2D eigenvalue weighted by atomic mass is 9.94. The van der Waals surface area contributed by atoms with Gasteiger partial charge in [-0.25, -0.2) is 0 Å². The van der Waals surface area contributed by atoms with Crippen LogP contribution in [-0.2, 0) is 0 Å². The third-order valence-corrected chi connectivity index (χ3v) is 3.71. The summed E-state index contributed by atoms with van der Waals surface area (Å²) >= 11 is 0. The molecule has 0 atom stereocenters. The first-order valence-corrected chi connectivity index (χ1v) is 6.72. The van der Waals surface area contributed by atoms with Gasteiger partial charge in [0.2, 0.25) is 0 Å². The lowest BCUT2D eigenvalue weighted by Gasteiger charge is -2.42. The van der Waals surface area contributed by atoms with Crippen LogP contribution in [0.2, 0.25) is 0 Å². The largest absolute Gasteiger partial charge is 0.349 e. The summed E-state index contributed by atoms with van der Waals surface area (Å²) in [6.07, 6.45) is 1.09. The van der Waals surface area contributed by atoms with Gasteiger partial charge in [-0.1, -0.05) is 60.7 Å². The minimum Gasteiger partial charge on any atom is -0.349 e. The van der Waals surface area contributed by atoms with Crippen molar-refractivity contribution in [1.82, 2.24) is 4.90 Å². The molecule has 0 N–H and O–H groups in total. The predicted octanol–water partition coefficient (Wildman–Crippen LogP) is 3.51. The van der Waals surface area contributed by atoms with E-state index in [0.717, 1.165) is 13.0 Å². The Labute approximate surface area is 114 Å². The smallest absolute Gasteiger partial charge is 0.101 e. The molecule has 0 spiro atoms. The maximum atomic E-state index is 4.39. The van der Waals surface area contributed by atoms with Crippen molar-refractivity contribution in [3.63, 3.8) is 0 Å². The molecule has 1 heterocycles. The first kappa shape index (κ1) is 12.0. The van der Waals surface area contributed by atoms with Crippen LogP contribution in [0, 0.1) is 0 Å². The number of likely N-dealkylation sites (tertiary alicyclic amines) is 1. The second kappa shape index (κ2) is 5.27. The number of benzene rings is 2. The lowest BCUT2D eigenvalue weighted by molar-refractivity contribution is 0.303. The Morgan fingerprint density at radius 1 is 0.895 bits per heavy atom. The minimum atomic E-state index is 0.287. The molecule has 0 aliphatic carbocycles. The molecule has 1 fully saturated rings. The summed E-state index contributed by atoms with van der Waals surface area (Å²) in [4.78, 5) is 6.78. The summed E-state index contributed by atoms with van der Waals surface area (Å²) < 4.78 is 0. The molecule has 19 heavy (non-hydrogen) atoms. The Hall–Kier alpha value is -2.09. The standard InChI is InChI=1S/C17H18N2/c1-18-16-12-13-19(16)17(14-8-4-2-5-9-14)15-10-6-3-7-11-15/h2-11,17H,12-13H2,1H3. The van der Waals surface area contributed by atoms with E-state index in [9.17, 15) is 0 Å². The topological polar surface area (TPSA) is 15.6 Å². The van der Waals surface area contributed by atoms with Crippen LogP contribution >= 0.6 is 0 Å². The van der Waals surface area contributed by atoms with Gasteiger partial charge in [0.25, 0.3) is 0 Å². The molecular formula is C17H18N2. The molecule has 2 heteroatoms. The van der Waals surface area contributed by atoms with Gasteiger partial charge >= 0.3 is 0 Å². The fourth-order valence-electron chi connectivity index (χ4n) is 2.68. The van der Waals surface area contributed by atoms with Gasteiger partial charge in [0.05, 0.1) is 6.04 Å². The molecule has 1 aliphatic rings. The second-order valence-electron chi connectivity index (χ2n) is 4.81. The highest BCUT2D eigenvalue weighted by atomic mass is 15.3. The molecule has 2 nitrogen and oxygen atoms in total. The van der Waals surface area contributed by atoms with Crippen LogP contribution < -0.4 is 0 Å². The highest BCUT2D eigenvalue weighted by Gasteiger charge is 2.30. The van der Waals surface area contributed by atoms with Crippen LogP contribution in [0.25, 0.3) is 0 Å². The molecule has 2 aromatic rings. The summed E-state index contributed by atoms with van der Waals surface area (Å²) in [5.41, 5.74) is 2.66. The number of amidine groups is 1. The van der Waals surface area contributed by atoms with Crippen LogP contribution in [0.3, 0.4) is 0 Å². The van der Waals surface area contributed by atoms with Crippen molar-refractivity contribution in [3.8, 4) is 0 Å². The molecule has 0 aromatic heterocycles. The zero-order valence-corrected chi connectivity index (χ0v) is 11.2. The van der Waals surface area contributed by atoms with E-state index in [2.05, 4.69) is 70.6 Å².